The Bertz CT molecular complexity index is 243. The molecule has 4 nitrogen and oxygen atoms in total. The zero-order valence-electron chi connectivity index (χ0n) is 8.41. The van der Waals surface area contributed by atoms with Gasteiger partial charge in [0, 0.05) is 29.4 Å². The van der Waals surface area contributed by atoms with Crippen LogP contribution in [0.5, 0.6) is 0 Å². The number of nitrogens with two attached hydrogens (primary N) is 1. The second kappa shape index (κ2) is 6.89. The summed E-state index contributed by atoms with van der Waals surface area (Å²) < 4.78 is 10.7. The smallest absolute Gasteiger partial charge is 0.229 e. The minimum Gasteiger partial charge on any atom is -0.393 e. The molecule has 0 heterocycles. The summed E-state index contributed by atoms with van der Waals surface area (Å²) in [5.41, 5.74) is 5.39. The van der Waals surface area contributed by atoms with Gasteiger partial charge in [-0.2, -0.15) is 0 Å². The molecular weight excluding hydrogens is 220 g/mol. The number of carbonyl (C=O) groups is 1. The Balaban J connectivity index is 3.93. The van der Waals surface area contributed by atoms with Gasteiger partial charge in [0.25, 0.3) is 0 Å². The number of hydrogen-bond donors (Lipinski definition) is 2. The van der Waals surface area contributed by atoms with Crippen LogP contribution in [-0.4, -0.2) is 33.7 Å². The molecule has 2 atom stereocenters. The van der Waals surface area contributed by atoms with E-state index in [0.717, 1.165) is 0 Å². The van der Waals surface area contributed by atoms with Gasteiger partial charge in [0.2, 0.25) is 5.91 Å². The largest absolute Gasteiger partial charge is 0.393 e. The van der Waals surface area contributed by atoms with E-state index >= 15 is 0 Å². The van der Waals surface area contributed by atoms with Gasteiger partial charge >= 0.3 is 0 Å². The van der Waals surface area contributed by atoms with Crippen molar-refractivity contribution >= 4 is 33.9 Å². The van der Waals surface area contributed by atoms with Gasteiger partial charge in [-0.3, -0.25) is 9.00 Å². The molecule has 0 saturated heterocycles. The number of nitrogens with one attached hydrogen (secondary N) is 1. The van der Waals surface area contributed by atoms with Crippen LogP contribution in [0.25, 0.3) is 0 Å². The van der Waals surface area contributed by atoms with E-state index in [0.29, 0.717) is 18.7 Å². The highest BCUT2D eigenvalue weighted by Crippen LogP contribution is 2.02. The predicted molar refractivity (Wildman–Crippen MR) is 62.5 cm³/mol. The first kappa shape index (κ1) is 13.5. The number of hydrogen-bond acceptors (Lipinski definition) is 3. The van der Waals surface area contributed by atoms with Crippen LogP contribution in [0.1, 0.15) is 13.3 Å². The highest BCUT2D eigenvalue weighted by molar-refractivity contribution is 7.84. The van der Waals surface area contributed by atoms with Crippen LogP contribution in [-0.2, 0) is 15.6 Å². The van der Waals surface area contributed by atoms with E-state index in [1.165, 1.54) is 0 Å². The van der Waals surface area contributed by atoms with E-state index in [1.54, 1.807) is 6.26 Å². The molecule has 0 aromatic heterocycles. The van der Waals surface area contributed by atoms with E-state index in [9.17, 15) is 9.00 Å². The number of carbonyl (C=O) groups excluding carboxylic acids is 1. The van der Waals surface area contributed by atoms with Crippen molar-refractivity contribution in [3.63, 3.8) is 0 Å². The quantitative estimate of drug-likeness (QED) is 0.626. The summed E-state index contributed by atoms with van der Waals surface area (Å²) >= 11 is 4.75. The monoisotopic (exact) mass is 236 g/mol. The standard InChI is InChI=1S/C8H16N2O2S2/c1-3-6(7(9)13)8(11)10-4-5-14(2)12/h6H,3-5H2,1-2H3,(H2,9,13)(H,10,11). The molecule has 0 saturated carbocycles. The minimum absolute atomic E-state index is 0.176. The van der Waals surface area contributed by atoms with Gasteiger partial charge < -0.3 is 11.1 Å². The van der Waals surface area contributed by atoms with E-state index in [1.807, 2.05) is 6.92 Å². The lowest BCUT2D eigenvalue weighted by atomic mass is 10.1. The molecule has 2 unspecified atom stereocenters. The van der Waals surface area contributed by atoms with Crippen molar-refractivity contribution < 1.29 is 9.00 Å². The van der Waals surface area contributed by atoms with Crippen LogP contribution < -0.4 is 11.1 Å². The molecule has 82 valence electrons. The summed E-state index contributed by atoms with van der Waals surface area (Å²) in [6.07, 6.45) is 2.19. The fourth-order valence-corrected chi connectivity index (χ4v) is 1.62. The summed E-state index contributed by atoms with van der Waals surface area (Å²) in [5.74, 6) is -0.125. The first-order chi connectivity index (χ1) is 6.49. The Hall–Kier alpha value is -0.490. The first-order valence-electron chi connectivity index (χ1n) is 4.36. The highest BCUT2D eigenvalue weighted by atomic mass is 32.2. The predicted octanol–water partition coefficient (Wildman–Crippen LogP) is -0.207. The third-order valence-electron chi connectivity index (χ3n) is 1.76. The molecule has 0 rings (SSSR count). The van der Waals surface area contributed by atoms with Crippen LogP contribution in [0.15, 0.2) is 0 Å². The summed E-state index contributed by atoms with van der Waals surface area (Å²) in [7, 11) is -0.887. The van der Waals surface area contributed by atoms with E-state index in [2.05, 4.69) is 5.32 Å². The molecule has 0 radical (unpaired) electrons. The summed E-state index contributed by atoms with van der Waals surface area (Å²) in [6, 6.07) is 0. The molecule has 0 aliphatic rings. The second-order valence-electron chi connectivity index (χ2n) is 2.93. The molecule has 1 amide bonds. The summed E-state index contributed by atoms with van der Waals surface area (Å²) in [4.78, 5) is 11.6. The molecule has 0 fully saturated rings. The SMILES string of the molecule is CCC(C(=O)NCCS(C)=O)C(N)=S. The van der Waals surface area contributed by atoms with Gasteiger partial charge in [-0.05, 0) is 6.42 Å². The maximum Gasteiger partial charge on any atom is 0.229 e. The maximum atomic E-state index is 11.4. The van der Waals surface area contributed by atoms with Crippen LogP contribution in [0.3, 0.4) is 0 Å². The Morgan fingerprint density at radius 3 is 2.57 bits per heavy atom. The van der Waals surface area contributed by atoms with Gasteiger partial charge in [-0.1, -0.05) is 19.1 Å². The first-order valence-corrected chi connectivity index (χ1v) is 6.49. The summed E-state index contributed by atoms with van der Waals surface area (Å²) in [5, 5.41) is 2.65. The van der Waals surface area contributed by atoms with Gasteiger partial charge in [0.15, 0.2) is 0 Å². The van der Waals surface area contributed by atoms with Gasteiger partial charge in [-0.15, -0.1) is 0 Å². The Morgan fingerprint density at radius 1 is 1.64 bits per heavy atom. The lowest BCUT2D eigenvalue weighted by Gasteiger charge is -2.12. The zero-order chi connectivity index (χ0) is 11.1. The van der Waals surface area contributed by atoms with Crippen molar-refractivity contribution in [3.05, 3.63) is 0 Å². The van der Waals surface area contributed by atoms with E-state index in [4.69, 9.17) is 18.0 Å². The topological polar surface area (TPSA) is 72.2 Å². The molecular formula is C8H16N2O2S2. The van der Waals surface area contributed by atoms with Gasteiger partial charge in [0.1, 0.15) is 0 Å². The lowest BCUT2D eigenvalue weighted by molar-refractivity contribution is -0.122. The highest BCUT2D eigenvalue weighted by Gasteiger charge is 2.18. The average Bonchev–Trinajstić information content (AvgIpc) is 2.03. The average molecular weight is 236 g/mol. The Morgan fingerprint density at radius 2 is 2.21 bits per heavy atom. The third kappa shape index (κ3) is 5.29. The van der Waals surface area contributed by atoms with Gasteiger partial charge in [0.05, 0.1) is 10.9 Å². The number of rotatable bonds is 6. The van der Waals surface area contributed by atoms with E-state index in [-0.39, 0.29) is 10.9 Å². The van der Waals surface area contributed by atoms with Crippen molar-refractivity contribution in [2.24, 2.45) is 11.7 Å². The van der Waals surface area contributed by atoms with Crippen molar-refractivity contribution in [2.75, 3.05) is 18.6 Å². The maximum absolute atomic E-state index is 11.4. The Labute approximate surface area is 92.1 Å². The fraction of sp³-hybridized carbons (Fsp3) is 0.750. The summed E-state index contributed by atoms with van der Waals surface area (Å²) in [6.45, 7) is 2.25. The molecule has 3 N–H and O–H groups in total. The number of thiocarbonyl (C=S) groups is 1. The molecule has 0 aliphatic heterocycles. The molecule has 0 aromatic carbocycles. The Kier molecular flexibility index (Phi) is 6.65. The molecule has 0 bridgehead atoms. The third-order valence-corrected chi connectivity index (χ3v) is 2.82. The van der Waals surface area contributed by atoms with Crippen LogP contribution in [0.2, 0.25) is 0 Å². The molecule has 14 heavy (non-hydrogen) atoms. The normalized spacial score (nSPS) is 14.4. The van der Waals surface area contributed by atoms with Crippen LogP contribution >= 0.6 is 12.2 Å². The number of amides is 1. The fourth-order valence-electron chi connectivity index (χ4n) is 0.957. The van der Waals surface area contributed by atoms with Crippen LogP contribution in [0.4, 0.5) is 0 Å². The van der Waals surface area contributed by atoms with E-state index < -0.39 is 16.7 Å². The van der Waals surface area contributed by atoms with Crippen molar-refractivity contribution in [1.29, 1.82) is 0 Å². The lowest BCUT2D eigenvalue weighted by Crippen LogP contribution is -2.38. The molecule has 0 spiro atoms. The zero-order valence-corrected chi connectivity index (χ0v) is 10.0. The minimum atomic E-state index is -0.887. The molecule has 0 aliphatic carbocycles. The van der Waals surface area contributed by atoms with Crippen molar-refractivity contribution in [1.82, 2.24) is 5.32 Å². The molecule has 0 aromatic rings. The van der Waals surface area contributed by atoms with Crippen LogP contribution in [0, 0.1) is 5.92 Å². The molecule has 6 heteroatoms. The van der Waals surface area contributed by atoms with Gasteiger partial charge in [-0.25, -0.2) is 0 Å². The van der Waals surface area contributed by atoms with Crippen molar-refractivity contribution in [2.45, 2.75) is 13.3 Å². The second-order valence-corrected chi connectivity index (χ2v) is 4.96. The van der Waals surface area contributed by atoms with Crippen molar-refractivity contribution in [3.8, 4) is 0 Å².